The molecule has 0 aliphatic carbocycles. The second kappa shape index (κ2) is 8.15. The molecule has 0 aliphatic rings. The largest absolute Gasteiger partial charge is 0.478 e. The van der Waals surface area contributed by atoms with E-state index in [1.165, 1.54) is 6.08 Å². The molecule has 1 rings (SSSR count). The molecule has 4 heteroatoms. The van der Waals surface area contributed by atoms with Crippen LogP contribution in [0.4, 0.5) is 0 Å². The van der Waals surface area contributed by atoms with E-state index < -0.39 is 5.97 Å². The van der Waals surface area contributed by atoms with Crippen LogP contribution < -0.4 is 5.32 Å². The molecular formula is C16H21NO3. The van der Waals surface area contributed by atoms with Crippen LogP contribution in [0.25, 0.3) is 6.08 Å². The van der Waals surface area contributed by atoms with Crippen molar-refractivity contribution >= 4 is 18.0 Å². The zero-order valence-corrected chi connectivity index (χ0v) is 11.9. The van der Waals surface area contributed by atoms with Crippen molar-refractivity contribution in [3.63, 3.8) is 0 Å². The summed E-state index contributed by atoms with van der Waals surface area (Å²) in [6.45, 7) is 4.52. The first-order chi connectivity index (χ1) is 9.56. The first-order valence-electron chi connectivity index (χ1n) is 6.84. The maximum atomic E-state index is 11.8. The maximum Gasteiger partial charge on any atom is 0.328 e. The minimum Gasteiger partial charge on any atom is -0.478 e. The van der Waals surface area contributed by atoms with E-state index in [1.807, 2.05) is 38.1 Å². The highest BCUT2D eigenvalue weighted by molar-refractivity contribution is 5.85. The summed E-state index contributed by atoms with van der Waals surface area (Å²) in [6.07, 6.45) is 4.33. The van der Waals surface area contributed by atoms with E-state index in [-0.39, 0.29) is 11.8 Å². The molecule has 4 nitrogen and oxygen atoms in total. The van der Waals surface area contributed by atoms with E-state index in [0.29, 0.717) is 6.54 Å². The van der Waals surface area contributed by atoms with Crippen molar-refractivity contribution in [1.29, 1.82) is 0 Å². The van der Waals surface area contributed by atoms with Crippen LogP contribution in [0.3, 0.4) is 0 Å². The van der Waals surface area contributed by atoms with Gasteiger partial charge in [0.2, 0.25) is 5.91 Å². The third-order valence-electron chi connectivity index (χ3n) is 3.22. The monoisotopic (exact) mass is 275 g/mol. The highest BCUT2D eigenvalue weighted by Crippen LogP contribution is 2.09. The van der Waals surface area contributed by atoms with Gasteiger partial charge in [-0.05, 0) is 30.0 Å². The average Bonchev–Trinajstić information content (AvgIpc) is 2.45. The van der Waals surface area contributed by atoms with Gasteiger partial charge in [0.15, 0.2) is 0 Å². The Labute approximate surface area is 119 Å². The molecule has 1 aromatic carbocycles. The van der Waals surface area contributed by atoms with Gasteiger partial charge < -0.3 is 10.4 Å². The molecular weight excluding hydrogens is 254 g/mol. The predicted molar refractivity (Wildman–Crippen MR) is 79.0 cm³/mol. The molecule has 0 bridgehead atoms. The lowest BCUT2D eigenvalue weighted by atomic mass is 10.0. The standard InChI is InChI=1S/C16H21NO3/c1-3-14(4-2)16(20)17-11-13-7-5-12(6-8-13)9-10-15(18)19/h5-10,14H,3-4,11H2,1-2H3,(H,17,20)(H,18,19). The van der Waals surface area contributed by atoms with Crippen LogP contribution in [-0.4, -0.2) is 17.0 Å². The number of nitrogens with one attached hydrogen (secondary N) is 1. The van der Waals surface area contributed by atoms with Crippen LogP contribution in [0, 0.1) is 5.92 Å². The fraction of sp³-hybridized carbons (Fsp3) is 0.375. The fourth-order valence-electron chi connectivity index (χ4n) is 1.91. The number of hydrogen-bond acceptors (Lipinski definition) is 2. The van der Waals surface area contributed by atoms with Crippen molar-refractivity contribution in [3.8, 4) is 0 Å². The number of amides is 1. The Morgan fingerprint density at radius 2 is 1.80 bits per heavy atom. The molecule has 0 fully saturated rings. The fourth-order valence-corrected chi connectivity index (χ4v) is 1.91. The molecule has 0 atom stereocenters. The molecule has 0 unspecified atom stereocenters. The molecule has 0 heterocycles. The van der Waals surface area contributed by atoms with Gasteiger partial charge in [-0.2, -0.15) is 0 Å². The van der Waals surface area contributed by atoms with Gasteiger partial charge in [0.05, 0.1) is 0 Å². The van der Waals surface area contributed by atoms with Crippen LogP contribution in [0.5, 0.6) is 0 Å². The van der Waals surface area contributed by atoms with Crippen molar-refractivity contribution < 1.29 is 14.7 Å². The third-order valence-corrected chi connectivity index (χ3v) is 3.22. The molecule has 2 N–H and O–H groups in total. The summed E-state index contributed by atoms with van der Waals surface area (Å²) in [5, 5.41) is 11.5. The number of benzene rings is 1. The number of rotatable bonds is 7. The van der Waals surface area contributed by atoms with Crippen LogP contribution >= 0.6 is 0 Å². The Kier molecular flexibility index (Phi) is 6.50. The third kappa shape index (κ3) is 5.26. The van der Waals surface area contributed by atoms with Gasteiger partial charge in [0, 0.05) is 18.5 Å². The van der Waals surface area contributed by atoms with Crippen molar-refractivity contribution in [2.24, 2.45) is 5.92 Å². The van der Waals surface area contributed by atoms with Gasteiger partial charge >= 0.3 is 5.97 Å². The van der Waals surface area contributed by atoms with E-state index >= 15 is 0 Å². The minimum atomic E-state index is -0.966. The number of carbonyl (C=O) groups excluding carboxylic acids is 1. The summed E-state index contributed by atoms with van der Waals surface area (Å²) in [5.74, 6) is -0.802. The summed E-state index contributed by atoms with van der Waals surface area (Å²) in [7, 11) is 0. The van der Waals surface area contributed by atoms with Crippen molar-refractivity contribution in [3.05, 3.63) is 41.5 Å². The van der Waals surface area contributed by atoms with E-state index in [2.05, 4.69) is 5.32 Å². The minimum absolute atomic E-state index is 0.0766. The summed E-state index contributed by atoms with van der Waals surface area (Å²) in [6, 6.07) is 7.43. The predicted octanol–water partition coefficient (Wildman–Crippen LogP) is 2.84. The van der Waals surface area contributed by atoms with E-state index in [9.17, 15) is 9.59 Å². The Morgan fingerprint density at radius 3 is 2.30 bits per heavy atom. The quantitative estimate of drug-likeness (QED) is 0.752. The molecule has 0 aromatic heterocycles. The first kappa shape index (κ1) is 16.0. The molecule has 1 amide bonds. The summed E-state index contributed by atoms with van der Waals surface area (Å²) in [4.78, 5) is 22.2. The smallest absolute Gasteiger partial charge is 0.328 e. The van der Waals surface area contributed by atoms with E-state index in [1.54, 1.807) is 0 Å². The van der Waals surface area contributed by atoms with Gasteiger partial charge in [-0.15, -0.1) is 0 Å². The van der Waals surface area contributed by atoms with Gasteiger partial charge in [0.25, 0.3) is 0 Å². The van der Waals surface area contributed by atoms with Gasteiger partial charge in [-0.25, -0.2) is 4.79 Å². The Bertz CT molecular complexity index is 473. The second-order valence-electron chi connectivity index (χ2n) is 4.64. The first-order valence-corrected chi connectivity index (χ1v) is 6.84. The molecule has 108 valence electrons. The normalized spacial score (nSPS) is 10.9. The molecule has 0 saturated heterocycles. The topological polar surface area (TPSA) is 66.4 Å². The second-order valence-corrected chi connectivity index (χ2v) is 4.64. The number of carboxylic acids is 1. The maximum absolute atomic E-state index is 11.8. The van der Waals surface area contributed by atoms with Gasteiger partial charge in [-0.3, -0.25) is 4.79 Å². The lowest BCUT2D eigenvalue weighted by Crippen LogP contribution is -2.29. The molecule has 0 radical (unpaired) electrons. The summed E-state index contributed by atoms with van der Waals surface area (Å²) >= 11 is 0. The van der Waals surface area contributed by atoms with E-state index in [4.69, 9.17) is 5.11 Å². The SMILES string of the molecule is CCC(CC)C(=O)NCc1ccc(C=CC(=O)O)cc1. The van der Waals surface area contributed by atoms with Crippen LogP contribution in [-0.2, 0) is 16.1 Å². The number of carboxylic acid groups (broad SMARTS) is 1. The van der Waals surface area contributed by atoms with Gasteiger partial charge in [0.1, 0.15) is 0 Å². The van der Waals surface area contributed by atoms with Crippen molar-refractivity contribution in [2.45, 2.75) is 33.2 Å². The Morgan fingerprint density at radius 1 is 1.20 bits per heavy atom. The molecule has 0 spiro atoms. The zero-order valence-electron chi connectivity index (χ0n) is 11.9. The molecule has 0 aliphatic heterocycles. The number of aliphatic carboxylic acids is 1. The average molecular weight is 275 g/mol. The van der Waals surface area contributed by atoms with Crippen LogP contribution in [0.1, 0.15) is 37.8 Å². The molecule has 0 saturated carbocycles. The zero-order chi connectivity index (χ0) is 15.0. The van der Waals surface area contributed by atoms with Crippen molar-refractivity contribution in [2.75, 3.05) is 0 Å². The summed E-state index contributed by atoms with van der Waals surface area (Å²) < 4.78 is 0. The molecule has 20 heavy (non-hydrogen) atoms. The van der Waals surface area contributed by atoms with Gasteiger partial charge in [-0.1, -0.05) is 38.1 Å². The molecule has 1 aromatic rings. The highest BCUT2D eigenvalue weighted by atomic mass is 16.4. The Hall–Kier alpha value is -2.10. The number of carbonyl (C=O) groups is 2. The highest BCUT2D eigenvalue weighted by Gasteiger charge is 2.12. The lowest BCUT2D eigenvalue weighted by Gasteiger charge is -2.12. The van der Waals surface area contributed by atoms with Crippen LogP contribution in [0.2, 0.25) is 0 Å². The number of hydrogen-bond donors (Lipinski definition) is 2. The van der Waals surface area contributed by atoms with Crippen molar-refractivity contribution in [1.82, 2.24) is 5.32 Å². The lowest BCUT2D eigenvalue weighted by molar-refractivity contribution is -0.131. The Balaban J connectivity index is 2.53. The summed E-state index contributed by atoms with van der Waals surface area (Å²) in [5.41, 5.74) is 1.82. The van der Waals surface area contributed by atoms with E-state index in [0.717, 1.165) is 30.0 Å². The van der Waals surface area contributed by atoms with Crippen LogP contribution in [0.15, 0.2) is 30.3 Å².